The second kappa shape index (κ2) is 5.02. The van der Waals surface area contributed by atoms with Crippen LogP contribution in [-0.2, 0) is 22.4 Å². The summed E-state index contributed by atoms with van der Waals surface area (Å²) in [6.45, 7) is 0.823. The first-order valence-corrected chi connectivity index (χ1v) is 5.25. The van der Waals surface area contributed by atoms with E-state index < -0.39 is 0 Å². The molecular formula is C10H14N2O3. The molecule has 1 atom stereocenters. The number of aromatic nitrogens is 2. The van der Waals surface area contributed by atoms with E-state index in [4.69, 9.17) is 9.26 Å². The number of aldehydes is 1. The van der Waals surface area contributed by atoms with Crippen molar-refractivity contribution in [1.29, 1.82) is 0 Å². The first-order chi connectivity index (χ1) is 7.38. The number of nitrogens with zero attached hydrogens (tertiary/aromatic N) is 2. The van der Waals surface area contributed by atoms with Crippen molar-refractivity contribution in [2.24, 2.45) is 0 Å². The minimum Gasteiger partial charge on any atom is -0.378 e. The number of ether oxygens (including phenoxy) is 1. The van der Waals surface area contributed by atoms with Gasteiger partial charge in [-0.05, 0) is 19.3 Å². The van der Waals surface area contributed by atoms with Gasteiger partial charge >= 0.3 is 0 Å². The van der Waals surface area contributed by atoms with Crippen LogP contribution in [0.1, 0.15) is 31.0 Å². The highest BCUT2D eigenvalue weighted by Gasteiger charge is 2.17. The van der Waals surface area contributed by atoms with Crippen molar-refractivity contribution in [2.75, 3.05) is 6.61 Å². The quantitative estimate of drug-likeness (QED) is 0.691. The molecule has 0 amide bonds. The third-order valence-corrected chi connectivity index (χ3v) is 2.45. The molecule has 0 aromatic carbocycles. The van der Waals surface area contributed by atoms with Crippen molar-refractivity contribution in [2.45, 2.75) is 38.2 Å². The highest BCUT2D eigenvalue weighted by Crippen LogP contribution is 2.15. The van der Waals surface area contributed by atoms with Gasteiger partial charge in [0, 0.05) is 13.0 Å². The SMILES string of the molecule is O=CCc1nc(CC2CCCCO2)no1. The highest BCUT2D eigenvalue weighted by molar-refractivity contribution is 5.52. The molecular weight excluding hydrogens is 196 g/mol. The van der Waals surface area contributed by atoms with Crippen LogP contribution in [0.15, 0.2) is 4.52 Å². The summed E-state index contributed by atoms with van der Waals surface area (Å²) in [4.78, 5) is 14.3. The van der Waals surface area contributed by atoms with E-state index in [0.717, 1.165) is 25.7 Å². The average molecular weight is 210 g/mol. The monoisotopic (exact) mass is 210 g/mol. The molecule has 0 N–H and O–H groups in total. The molecule has 1 unspecified atom stereocenters. The van der Waals surface area contributed by atoms with E-state index in [0.29, 0.717) is 18.1 Å². The Balaban J connectivity index is 1.88. The summed E-state index contributed by atoms with van der Waals surface area (Å²) in [5.74, 6) is 1.02. The topological polar surface area (TPSA) is 65.2 Å². The van der Waals surface area contributed by atoms with Crippen LogP contribution in [-0.4, -0.2) is 29.1 Å². The zero-order chi connectivity index (χ0) is 10.5. The van der Waals surface area contributed by atoms with E-state index in [9.17, 15) is 4.79 Å². The Hall–Kier alpha value is -1.23. The van der Waals surface area contributed by atoms with Gasteiger partial charge in [-0.2, -0.15) is 4.98 Å². The molecule has 0 aliphatic carbocycles. The van der Waals surface area contributed by atoms with Crippen LogP contribution in [0.3, 0.4) is 0 Å². The van der Waals surface area contributed by atoms with Crippen molar-refractivity contribution in [3.8, 4) is 0 Å². The first kappa shape index (κ1) is 10.3. The Labute approximate surface area is 87.8 Å². The molecule has 1 aromatic rings. The molecule has 82 valence electrons. The molecule has 1 aliphatic heterocycles. The lowest BCUT2D eigenvalue weighted by molar-refractivity contribution is -0.107. The lowest BCUT2D eigenvalue weighted by Crippen LogP contribution is -2.21. The zero-order valence-electron chi connectivity index (χ0n) is 8.52. The molecule has 2 heterocycles. The fourth-order valence-corrected chi connectivity index (χ4v) is 1.70. The van der Waals surface area contributed by atoms with Crippen LogP contribution in [0.5, 0.6) is 0 Å². The predicted molar refractivity (Wildman–Crippen MR) is 51.4 cm³/mol. The largest absolute Gasteiger partial charge is 0.378 e. The molecule has 0 bridgehead atoms. The maximum absolute atomic E-state index is 10.2. The molecule has 5 nitrogen and oxygen atoms in total. The van der Waals surface area contributed by atoms with Gasteiger partial charge in [0.25, 0.3) is 0 Å². The van der Waals surface area contributed by atoms with Crippen LogP contribution < -0.4 is 0 Å². The zero-order valence-corrected chi connectivity index (χ0v) is 8.52. The van der Waals surface area contributed by atoms with Crippen LogP contribution in [0.4, 0.5) is 0 Å². The minimum absolute atomic E-state index is 0.193. The number of rotatable bonds is 4. The average Bonchev–Trinajstić information content (AvgIpc) is 2.68. The van der Waals surface area contributed by atoms with Crippen LogP contribution >= 0.6 is 0 Å². The lowest BCUT2D eigenvalue weighted by atomic mass is 10.1. The maximum Gasteiger partial charge on any atom is 0.233 e. The Kier molecular flexibility index (Phi) is 3.45. The third-order valence-electron chi connectivity index (χ3n) is 2.45. The van der Waals surface area contributed by atoms with Gasteiger partial charge < -0.3 is 14.1 Å². The number of carbonyl (C=O) groups excluding carboxylic acids is 1. The predicted octanol–water partition coefficient (Wildman–Crippen LogP) is 0.923. The van der Waals surface area contributed by atoms with Crippen molar-refractivity contribution in [3.63, 3.8) is 0 Å². The summed E-state index contributed by atoms with van der Waals surface area (Å²) >= 11 is 0. The maximum atomic E-state index is 10.2. The third kappa shape index (κ3) is 2.86. The van der Waals surface area contributed by atoms with Gasteiger partial charge in [0.2, 0.25) is 5.89 Å². The number of hydrogen-bond acceptors (Lipinski definition) is 5. The molecule has 1 aliphatic rings. The van der Waals surface area contributed by atoms with Crippen molar-refractivity contribution in [3.05, 3.63) is 11.7 Å². The van der Waals surface area contributed by atoms with Gasteiger partial charge in [0.15, 0.2) is 5.82 Å². The second-order valence-corrected chi connectivity index (χ2v) is 3.67. The molecule has 1 fully saturated rings. The summed E-state index contributed by atoms with van der Waals surface area (Å²) in [6.07, 6.45) is 5.23. The summed E-state index contributed by atoms with van der Waals surface area (Å²) in [6, 6.07) is 0. The van der Waals surface area contributed by atoms with Crippen molar-refractivity contribution < 1.29 is 14.1 Å². The Morgan fingerprint density at radius 1 is 1.47 bits per heavy atom. The second-order valence-electron chi connectivity index (χ2n) is 3.67. The van der Waals surface area contributed by atoms with Gasteiger partial charge in [-0.3, -0.25) is 0 Å². The fraction of sp³-hybridized carbons (Fsp3) is 0.700. The van der Waals surface area contributed by atoms with Gasteiger partial charge in [0.05, 0.1) is 12.5 Å². The molecule has 0 spiro atoms. The van der Waals surface area contributed by atoms with Crippen LogP contribution in [0.2, 0.25) is 0 Å². The van der Waals surface area contributed by atoms with Gasteiger partial charge in [-0.15, -0.1) is 0 Å². The Morgan fingerprint density at radius 3 is 3.13 bits per heavy atom. The lowest BCUT2D eigenvalue weighted by Gasteiger charge is -2.20. The van der Waals surface area contributed by atoms with E-state index in [2.05, 4.69) is 10.1 Å². The Morgan fingerprint density at radius 2 is 2.40 bits per heavy atom. The van der Waals surface area contributed by atoms with Crippen molar-refractivity contribution in [1.82, 2.24) is 10.1 Å². The Bertz CT molecular complexity index is 318. The van der Waals surface area contributed by atoms with E-state index >= 15 is 0 Å². The fourth-order valence-electron chi connectivity index (χ4n) is 1.70. The summed E-state index contributed by atoms with van der Waals surface area (Å²) in [5.41, 5.74) is 0. The van der Waals surface area contributed by atoms with E-state index in [1.165, 1.54) is 6.42 Å². The minimum atomic E-state index is 0.193. The molecule has 15 heavy (non-hydrogen) atoms. The van der Waals surface area contributed by atoms with E-state index in [1.807, 2.05) is 0 Å². The smallest absolute Gasteiger partial charge is 0.233 e. The van der Waals surface area contributed by atoms with Gasteiger partial charge in [0.1, 0.15) is 6.29 Å². The molecule has 2 rings (SSSR count). The normalized spacial score (nSPS) is 21.5. The molecule has 0 saturated carbocycles. The summed E-state index contributed by atoms with van der Waals surface area (Å²) < 4.78 is 10.5. The van der Waals surface area contributed by atoms with E-state index in [-0.39, 0.29) is 12.5 Å². The summed E-state index contributed by atoms with van der Waals surface area (Å²) in [7, 11) is 0. The summed E-state index contributed by atoms with van der Waals surface area (Å²) in [5, 5.41) is 3.80. The van der Waals surface area contributed by atoms with E-state index in [1.54, 1.807) is 0 Å². The highest BCUT2D eigenvalue weighted by atomic mass is 16.5. The van der Waals surface area contributed by atoms with Crippen LogP contribution in [0, 0.1) is 0 Å². The molecule has 1 aromatic heterocycles. The van der Waals surface area contributed by atoms with Crippen molar-refractivity contribution >= 4 is 6.29 Å². The van der Waals surface area contributed by atoms with Crippen LogP contribution in [0.25, 0.3) is 0 Å². The number of hydrogen-bond donors (Lipinski definition) is 0. The van der Waals surface area contributed by atoms with Gasteiger partial charge in [-0.1, -0.05) is 5.16 Å². The first-order valence-electron chi connectivity index (χ1n) is 5.25. The van der Waals surface area contributed by atoms with Gasteiger partial charge in [-0.25, -0.2) is 0 Å². The number of carbonyl (C=O) groups is 1. The molecule has 1 saturated heterocycles. The molecule has 5 heteroatoms. The molecule has 0 radical (unpaired) electrons. The standard InChI is InChI=1S/C10H14N2O3/c13-5-4-10-11-9(12-15-10)7-8-3-1-2-6-14-8/h5,8H,1-4,6-7H2.